The lowest BCUT2D eigenvalue weighted by Gasteiger charge is -2.03. The summed E-state index contributed by atoms with van der Waals surface area (Å²) in [6, 6.07) is 5.40. The molecule has 1 heterocycles. The number of aromatic nitrogens is 1. The number of carbonyl (C=O) groups excluding carboxylic acids is 1. The molecule has 15 heavy (non-hydrogen) atoms. The Hall–Kier alpha value is -1.64. The summed E-state index contributed by atoms with van der Waals surface area (Å²) in [7, 11) is 1.88. The van der Waals surface area contributed by atoms with Gasteiger partial charge in [0, 0.05) is 25.1 Å². The largest absolute Gasteiger partial charge is 0.350 e. The second kappa shape index (κ2) is 3.85. The zero-order chi connectivity index (χ0) is 10.8. The molecular weight excluding hydrogens is 193 g/mol. The molecule has 2 rings (SSSR count). The van der Waals surface area contributed by atoms with Gasteiger partial charge in [-0.1, -0.05) is 6.07 Å². The quantitative estimate of drug-likeness (QED) is 0.705. The topological polar surface area (TPSA) is 22.0 Å². The maximum atomic E-state index is 13.9. The lowest BCUT2D eigenvalue weighted by atomic mass is 10.1. The number of hydrogen-bond acceptors (Lipinski definition) is 1. The number of hydrogen-bond donors (Lipinski definition) is 0. The van der Waals surface area contributed by atoms with Gasteiger partial charge in [0.1, 0.15) is 12.1 Å². The molecule has 0 aliphatic carbocycles. The van der Waals surface area contributed by atoms with E-state index in [0.717, 1.165) is 11.8 Å². The van der Waals surface area contributed by atoms with Crippen LogP contribution in [0.15, 0.2) is 24.4 Å². The van der Waals surface area contributed by atoms with Crippen molar-refractivity contribution in [1.29, 1.82) is 0 Å². The Labute approximate surface area is 87.3 Å². The van der Waals surface area contributed by atoms with Gasteiger partial charge in [0.25, 0.3) is 0 Å². The summed E-state index contributed by atoms with van der Waals surface area (Å²) in [6.07, 6.45) is 3.49. The Morgan fingerprint density at radius 3 is 2.93 bits per heavy atom. The molecule has 1 aromatic carbocycles. The third-order valence-corrected chi connectivity index (χ3v) is 2.61. The van der Waals surface area contributed by atoms with E-state index in [1.165, 1.54) is 0 Å². The molecule has 2 nitrogen and oxygen atoms in total. The van der Waals surface area contributed by atoms with E-state index in [1.807, 2.05) is 23.9 Å². The SMILES string of the molecule is Cn1ccc2c(F)c(CCC=O)ccc21. The second-order valence-electron chi connectivity index (χ2n) is 3.60. The summed E-state index contributed by atoms with van der Waals surface area (Å²) >= 11 is 0. The summed E-state index contributed by atoms with van der Waals surface area (Å²) < 4.78 is 15.8. The molecule has 0 spiro atoms. The molecule has 0 aliphatic rings. The minimum absolute atomic E-state index is 0.199. The molecule has 2 aromatic rings. The zero-order valence-electron chi connectivity index (χ0n) is 8.53. The second-order valence-corrected chi connectivity index (χ2v) is 3.60. The van der Waals surface area contributed by atoms with Crippen LogP contribution in [0, 0.1) is 5.82 Å². The van der Waals surface area contributed by atoms with Crippen LogP contribution in [0.2, 0.25) is 0 Å². The van der Waals surface area contributed by atoms with Crippen LogP contribution in [0.4, 0.5) is 4.39 Å². The van der Waals surface area contributed by atoms with Crippen molar-refractivity contribution < 1.29 is 9.18 Å². The van der Waals surface area contributed by atoms with Crippen molar-refractivity contribution in [2.75, 3.05) is 0 Å². The number of fused-ring (bicyclic) bond motifs is 1. The Balaban J connectivity index is 2.50. The van der Waals surface area contributed by atoms with Crippen LogP contribution in [0.5, 0.6) is 0 Å². The van der Waals surface area contributed by atoms with Crippen molar-refractivity contribution in [3.63, 3.8) is 0 Å². The van der Waals surface area contributed by atoms with Gasteiger partial charge >= 0.3 is 0 Å². The van der Waals surface area contributed by atoms with Crippen molar-refractivity contribution in [3.05, 3.63) is 35.8 Å². The highest BCUT2D eigenvalue weighted by Gasteiger charge is 2.08. The van der Waals surface area contributed by atoms with Crippen molar-refractivity contribution in [1.82, 2.24) is 4.57 Å². The van der Waals surface area contributed by atoms with E-state index in [0.29, 0.717) is 23.8 Å². The van der Waals surface area contributed by atoms with E-state index >= 15 is 0 Å². The van der Waals surface area contributed by atoms with Crippen molar-refractivity contribution >= 4 is 17.2 Å². The van der Waals surface area contributed by atoms with Gasteiger partial charge in [-0.15, -0.1) is 0 Å². The maximum absolute atomic E-state index is 13.9. The smallest absolute Gasteiger partial charge is 0.135 e. The molecule has 0 bridgehead atoms. The van der Waals surface area contributed by atoms with Crippen LogP contribution < -0.4 is 0 Å². The third kappa shape index (κ3) is 1.65. The minimum atomic E-state index is -0.199. The van der Waals surface area contributed by atoms with Gasteiger partial charge in [0.05, 0.1) is 5.52 Å². The summed E-state index contributed by atoms with van der Waals surface area (Å²) in [5.41, 5.74) is 1.49. The molecule has 0 amide bonds. The summed E-state index contributed by atoms with van der Waals surface area (Å²) in [6.45, 7) is 0. The average molecular weight is 205 g/mol. The highest BCUT2D eigenvalue weighted by atomic mass is 19.1. The first-order valence-corrected chi connectivity index (χ1v) is 4.90. The normalized spacial score (nSPS) is 10.8. The lowest BCUT2D eigenvalue weighted by molar-refractivity contribution is -0.107. The Morgan fingerprint density at radius 1 is 1.40 bits per heavy atom. The van der Waals surface area contributed by atoms with Gasteiger partial charge < -0.3 is 9.36 Å². The monoisotopic (exact) mass is 205 g/mol. The molecule has 0 radical (unpaired) electrons. The molecule has 0 atom stereocenters. The maximum Gasteiger partial charge on any atom is 0.135 e. The number of aryl methyl sites for hydroxylation is 2. The van der Waals surface area contributed by atoms with Crippen LogP contribution in [-0.4, -0.2) is 10.9 Å². The zero-order valence-corrected chi connectivity index (χ0v) is 8.53. The number of carbonyl (C=O) groups is 1. The summed E-state index contributed by atoms with van der Waals surface area (Å²) in [4.78, 5) is 10.2. The van der Waals surface area contributed by atoms with Crippen LogP contribution in [0.25, 0.3) is 10.9 Å². The Bertz CT molecular complexity index is 502. The van der Waals surface area contributed by atoms with Crippen molar-refractivity contribution in [2.45, 2.75) is 12.8 Å². The third-order valence-electron chi connectivity index (χ3n) is 2.61. The first kappa shape index (κ1) is 9.90. The number of nitrogens with zero attached hydrogens (tertiary/aromatic N) is 1. The van der Waals surface area contributed by atoms with Gasteiger partial charge in [-0.3, -0.25) is 0 Å². The standard InChI is InChI=1S/C12H12FNO/c1-14-7-6-10-11(14)5-4-9(12(10)13)3-2-8-15/h4-8H,2-3H2,1H3. The van der Waals surface area contributed by atoms with Gasteiger partial charge in [0.2, 0.25) is 0 Å². The highest BCUT2D eigenvalue weighted by molar-refractivity contribution is 5.81. The number of halogens is 1. The summed E-state index contributed by atoms with van der Waals surface area (Å²) in [5, 5.41) is 0.626. The van der Waals surface area contributed by atoms with Gasteiger partial charge in [0.15, 0.2) is 0 Å². The first-order valence-electron chi connectivity index (χ1n) is 4.90. The molecule has 0 unspecified atom stereocenters. The number of aldehydes is 1. The van der Waals surface area contributed by atoms with Crippen LogP contribution in [-0.2, 0) is 18.3 Å². The highest BCUT2D eigenvalue weighted by Crippen LogP contribution is 2.22. The predicted molar refractivity (Wildman–Crippen MR) is 57.3 cm³/mol. The van der Waals surface area contributed by atoms with Crippen LogP contribution >= 0.6 is 0 Å². The van der Waals surface area contributed by atoms with Crippen molar-refractivity contribution in [2.24, 2.45) is 7.05 Å². The van der Waals surface area contributed by atoms with Gasteiger partial charge in [-0.25, -0.2) is 4.39 Å². The number of benzene rings is 1. The molecule has 0 saturated heterocycles. The lowest BCUT2D eigenvalue weighted by Crippen LogP contribution is -1.93. The fourth-order valence-electron chi connectivity index (χ4n) is 1.77. The predicted octanol–water partition coefficient (Wildman–Crippen LogP) is 2.45. The van der Waals surface area contributed by atoms with Crippen molar-refractivity contribution in [3.8, 4) is 0 Å². The Morgan fingerprint density at radius 2 is 2.20 bits per heavy atom. The molecule has 78 valence electrons. The molecule has 0 aliphatic heterocycles. The van der Waals surface area contributed by atoms with E-state index in [2.05, 4.69) is 0 Å². The fraction of sp³-hybridized carbons (Fsp3) is 0.250. The van der Waals surface area contributed by atoms with E-state index in [9.17, 15) is 9.18 Å². The molecule has 0 fully saturated rings. The first-order chi connectivity index (χ1) is 7.24. The molecule has 0 saturated carbocycles. The Kier molecular flexibility index (Phi) is 2.54. The molecular formula is C12H12FNO. The van der Waals surface area contributed by atoms with E-state index in [4.69, 9.17) is 0 Å². The fourth-order valence-corrected chi connectivity index (χ4v) is 1.77. The van der Waals surface area contributed by atoms with Crippen LogP contribution in [0.3, 0.4) is 0 Å². The molecule has 1 aromatic heterocycles. The summed E-state index contributed by atoms with van der Waals surface area (Å²) in [5.74, 6) is -0.199. The minimum Gasteiger partial charge on any atom is -0.350 e. The average Bonchev–Trinajstić information content (AvgIpc) is 2.61. The number of rotatable bonds is 3. The van der Waals surface area contributed by atoms with Gasteiger partial charge in [-0.2, -0.15) is 0 Å². The molecule has 3 heteroatoms. The molecule has 0 N–H and O–H groups in total. The van der Waals surface area contributed by atoms with E-state index in [1.54, 1.807) is 12.1 Å². The van der Waals surface area contributed by atoms with Gasteiger partial charge in [-0.05, 0) is 24.1 Å². The van der Waals surface area contributed by atoms with E-state index in [-0.39, 0.29) is 5.82 Å². The van der Waals surface area contributed by atoms with Crippen LogP contribution in [0.1, 0.15) is 12.0 Å². The van der Waals surface area contributed by atoms with E-state index < -0.39 is 0 Å².